The van der Waals surface area contributed by atoms with E-state index < -0.39 is 12.0 Å². The standard InChI is InChI=1S/C18H13F3N4S/c1-25-16(18(19,20)21)23-24-17(25)26-11-12-6-8-13(9-7-12)15-5-3-2-4-14(15)10-22/h2-9H,11H2,1H3. The average molecular weight is 374 g/mol. The lowest BCUT2D eigenvalue weighted by molar-refractivity contribution is -0.147. The van der Waals surface area contributed by atoms with Gasteiger partial charge in [-0.05, 0) is 22.8 Å². The van der Waals surface area contributed by atoms with Crippen molar-refractivity contribution in [1.82, 2.24) is 14.8 Å². The van der Waals surface area contributed by atoms with Crippen LogP contribution in [0.5, 0.6) is 0 Å². The van der Waals surface area contributed by atoms with Gasteiger partial charge in [0.15, 0.2) is 5.16 Å². The van der Waals surface area contributed by atoms with Gasteiger partial charge >= 0.3 is 6.18 Å². The van der Waals surface area contributed by atoms with Crippen LogP contribution in [0.25, 0.3) is 11.1 Å². The summed E-state index contributed by atoms with van der Waals surface area (Å²) in [4.78, 5) is 0. The van der Waals surface area contributed by atoms with Crippen molar-refractivity contribution in [1.29, 1.82) is 5.26 Å². The molecule has 1 aromatic heterocycles. The monoisotopic (exact) mass is 374 g/mol. The third-order valence-corrected chi connectivity index (χ3v) is 4.86. The normalized spacial score (nSPS) is 11.3. The Morgan fingerprint density at radius 2 is 1.77 bits per heavy atom. The number of nitrogens with zero attached hydrogens (tertiary/aromatic N) is 4. The van der Waals surface area contributed by atoms with Crippen molar-refractivity contribution in [3.63, 3.8) is 0 Å². The lowest BCUT2D eigenvalue weighted by atomic mass is 10.00. The molecule has 0 radical (unpaired) electrons. The molecule has 0 atom stereocenters. The van der Waals surface area contributed by atoms with Gasteiger partial charge in [-0.1, -0.05) is 54.2 Å². The molecule has 2 aromatic carbocycles. The Labute approximate surface area is 152 Å². The quantitative estimate of drug-likeness (QED) is 0.623. The second-order valence-electron chi connectivity index (χ2n) is 5.51. The van der Waals surface area contributed by atoms with Crippen molar-refractivity contribution in [3.8, 4) is 17.2 Å². The summed E-state index contributed by atoms with van der Waals surface area (Å²) in [6.45, 7) is 0. The SMILES string of the molecule is Cn1c(SCc2ccc(-c3ccccc3C#N)cc2)nnc1C(F)(F)F. The predicted molar refractivity (Wildman–Crippen MR) is 92.2 cm³/mol. The lowest BCUT2D eigenvalue weighted by Gasteiger charge is -2.07. The fourth-order valence-corrected chi connectivity index (χ4v) is 3.32. The Balaban J connectivity index is 1.73. The van der Waals surface area contributed by atoms with Gasteiger partial charge in [-0.15, -0.1) is 10.2 Å². The average Bonchev–Trinajstić information content (AvgIpc) is 3.01. The number of thioether (sulfide) groups is 1. The van der Waals surface area contributed by atoms with Gasteiger partial charge in [-0.2, -0.15) is 18.4 Å². The maximum atomic E-state index is 12.7. The number of rotatable bonds is 4. The molecule has 0 aliphatic carbocycles. The second kappa shape index (κ2) is 7.22. The number of nitriles is 1. The van der Waals surface area contributed by atoms with Crippen molar-refractivity contribution in [2.75, 3.05) is 0 Å². The fourth-order valence-electron chi connectivity index (χ4n) is 2.45. The van der Waals surface area contributed by atoms with Gasteiger partial charge in [0, 0.05) is 12.8 Å². The summed E-state index contributed by atoms with van der Waals surface area (Å²) >= 11 is 1.18. The molecule has 3 rings (SSSR count). The van der Waals surface area contributed by atoms with Gasteiger partial charge < -0.3 is 4.57 Å². The van der Waals surface area contributed by atoms with Crippen LogP contribution < -0.4 is 0 Å². The first-order chi connectivity index (χ1) is 12.4. The maximum Gasteiger partial charge on any atom is 0.451 e. The maximum absolute atomic E-state index is 12.7. The summed E-state index contributed by atoms with van der Waals surface area (Å²) in [7, 11) is 1.30. The molecular weight excluding hydrogens is 361 g/mol. The van der Waals surface area contributed by atoms with E-state index in [-0.39, 0.29) is 5.16 Å². The first-order valence-corrected chi connectivity index (χ1v) is 8.56. The van der Waals surface area contributed by atoms with Crippen LogP contribution in [0.15, 0.2) is 53.7 Å². The van der Waals surface area contributed by atoms with Crippen LogP contribution in [0.3, 0.4) is 0 Å². The molecule has 132 valence electrons. The van der Waals surface area contributed by atoms with Gasteiger partial charge in [0.2, 0.25) is 5.82 Å². The van der Waals surface area contributed by atoms with Crippen molar-refractivity contribution >= 4 is 11.8 Å². The minimum Gasteiger partial charge on any atom is -0.302 e. The van der Waals surface area contributed by atoms with Gasteiger partial charge in [0.25, 0.3) is 0 Å². The zero-order chi connectivity index (χ0) is 18.7. The molecule has 0 saturated heterocycles. The van der Waals surface area contributed by atoms with Crippen molar-refractivity contribution in [3.05, 3.63) is 65.5 Å². The van der Waals surface area contributed by atoms with E-state index in [0.717, 1.165) is 21.3 Å². The number of aromatic nitrogens is 3. The first-order valence-electron chi connectivity index (χ1n) is 7.58. The van der Waals surface area contributed by atoms with Gasteiger partial charge in [-0.25, -0.2) is 0 Å². The molecule has 0 bridgehead atoms. The van der Waals surface area contributed by atoms with E-state index in [1.165, 1.54) is 18.8 Å². The minimum atomic E-state index is -4.52. The molecule has 26 heavy (non-hydrogen) atoms. The molecule has 0 unspecified atom stereocenters. The number of hydrogen-bond acceptors (Lipinski definition) is 4. The summed E-state index contributed by atoms with van der Waals surface area (Å²) in [5, 5.41) is 16.2. The highest BCUT2D eigenvalue weighted by Crippen LogP contribution is 2.31. The van der Waals surface area contributed by atoms with Crippen LogP contribution in [0.4, 0.5) is 13.2 Å². The zero-order valence-corrected chi connectivity index (χ0v) is 14.5. The number of alkyl halides is 3. The second-order valence-corrected chi connectivity index (χ2v) is 6.45. The largest absolute Gasteiger partial charge is 0.451 e. The Bertz CT molecular complexity index is 956. The molecule has 0 aliphatic heterocycles. The van der Waals surface area contributed by atoms with Crippen LogP contribution in [0.1, 0.15) is 17.0 Å². The van der Waals surface area contributed by atoms with E-state index in [0.29, 0.717) is 11.3 Å². The highest BCUT2D eigenvalue weighted by Gasteiger charge is 2.37. The molecular formula is C18H13F3N4S. The van der Waals surface area contributed by atoms with Crippen LogP contribution in [0.2, 0.25) is 0 Å². The smallest absolute Gasteiger partial charge is 0.302 e. The van der Waals surface area contributed by atoms with Crippen LogP contribution in [-0.4, -0.2) is 14.8 Å². The molecule has 0 spiro atoms. The summed E-state index contributed by atoms with van der Waals surface area (Å²) in [5.41, 5.74) is 3.28. The Kier molecular flexibility index (Phi) is 5.00. The number of benzene rings is 2. The van der Waals surface area contributed by atoms with Crippen molar-refractivity contribution < 1.29 is 13.2 Å². The Hall–Kier alpha value is -2.79. The van der Waals surface area contributed by atoms with Gasteiger partial charge in [0.05, 0.1) is 11.6 Å². The third kappa shape index (κ3) is 3.73. The molecule has 0 N–H and O–H groups in total. The van der Waals surface area contributed by atoms with E-state index in [4.69, 9.17) is 0 Å². The van der Waals surface area contributed by atoms with E-state index in [2.05, 4.69) is 16.3 Å². The van der Waals surface area contributed by atoms with E-state index >= 15 is 0 Å². The lowest BCUT2D eigenvalue weighted by Crippen LogP contribution is -2.12. The molecule has 4 nitrogen and oxygen atoms in total. The van der Waals surface area contributed by atoms with Gasteiger partial charge in [-0.3, -0.25) is 0 Å². The zero-order valence-electron chi connectivity index (χ0n) is 13.7. The molecule has 0 aliphatic rings. The molecule has 3 aromatic rings. The summed E-state index contributed by atoms with van der Waals surface area (Å²) in [5.74, 6) is -0.548. The number of hydrogen-bond donors (Lipinski definition) is 0. The fraction of sp³-hybridized carbons (Fsp3) is 0.167. The van der Waals surface area contributed by atoms with Crippen LogP contribution >= 0.6 is 11.8 Å². The highest BCUT2D eigenvalue weighted by atomic mass is 32.2. The molecule has 8 heteroatoms. The minimum absolute atomic E-state index is 0.205. The molecule has 1 heterocycles. The van der Waals surface area contributed by atoms with Crippen LogP contribution in [-0.2, 0) is 19.0 Å². The van der Waals surface area contributed by atoms with Crippen molar-refractivity contribution in [2.45, 2.75) is 17.1 Å². The Morgan fingerprint density at radius 1 is 1.08 bits per heavy atom. The topological polar surface area (TPSA) is 54.5 Å². The molecule has 0 saturated carbocycles. The van der Waals surface area contributed by atoms with E-state index in [1.807, 2.05) is 42.5 Å². The molecule has 0 fully saturated rings. The summed E-state index contributed by atoms with van der Waals surface area (Å²) in [6.07, 6.45) is -4.52. The molecule has 0 amide bonds. The van der Waals surface area contributed by atoms with E-state index in [9.17, 15) is 18.4 Å². The van der Waals surface area contributed by atoms with E-state index in [1.54, 1.807) is 6.07 Å². The Morgan fingerprint density at radius 3 is 2.38 bits per heavy atom. The summed E-state index contributed by atoms with van der Waals surface area (Å²) < 4.78 is 39.2. The third-order valence-electron chi connectivity index (χ3n) is 3.77. The number of halogens is 3. The van der Waals surface area contributed by atoms with Crippen molar-refractivity contribution in [2.24, 2.45) is 7.05 Å². The van der Waals surface area contributed by atoms with Gasteiger partial charge in [0.1, 0.15) is 0 Å². The van der Waals surface area contributed by atoms with Crippen LogP contribution in [0, 0.1) is 11.3 Å². The summed E-state index contributed by atoms with van der Waals surface area (Å²) in [6, 6.07) is 17.0. The first kappa shape index (κ1) is 18.0. The predicted octanol–water partition coefficient (Wildman–Crippen LogP) is 4.66. The highest BCUT2D eigenvalue weighted by molar-refractivity contribution is 7.98.